The van der Waals surface area contributed by atoms with Gasteiger partial charge in [0, 0.05) is 19.5 Å². The van der Waals surface area contributed by atoms with Crippen molar-refractivity contribution >= 4 is 11.8 Å². The maximum atomic E-state index is 11.9. The number of aromatic nitrogens is 2. The highest BCUT2D eigenvalue weighted by molar-refractivity contribution is 5.90. The average Bonchev–Trinajstić information content (AvgIpc) is 3.29. The van der Waals surface area contributed by atoms with Crippen molar-refractivity contribution in [1.29, 1.82) is 0 Å². The largest absolute Gasteiger partial charge is 0.447 e. The number of amides is 1. The van der Waals surface area contributed by atoms with Gasteiger partial charge in [0.1, 0.15) is 6.61 Å². The second-order valence-corrected chi connectivity index (χ2v) is 6.48. The van der Waals surface area contributed by atoms with Gasteiger partial charge in [0.15, 0.2) is 5.82 Å². The Morgan fingerprint density at radius 2 is 2.20 bits per heavy atom. The molecule has 1 aromatic heterocycles. The molecule has 1 atom stereocenters. The molecule has 0 N–H and O–H groups in total. The van der Waals surface area contributed by atoms with Crippen molar-refractivity contribution in [2.75, 3.05) is 24.6 Å². The van der Waals surface area contributed by atoms with Crippen molar-refractivity contribution < 1.29 is 14.1 Å². The lowest BCUT2D eigenvalue weighted by Gasteiger charge is -2.33. The summed E-state index contributed by atoms with van der Waals surface area (Å²) in [7, 11) is 0. The third-order valence-electron chi connectivity index (χ3n) is 5.03. The van der Waals surface area contributed by atoms with E-state index in [0.717, 1.165) is 37.4 Å². The van der Waals surface area contributed by atoms with Crippen molar-refractivity contribution in [2.45, 2.75) is 39.3 Å². The highest BCUT2D eigenvalue weighted by Gasteiger charge is 2.30. The summed E-state index contributed by atoms with van der Waals surface area (Å²) in [6, 6.07) is 6.22. The third-order valence-corrected chi connectivity index (χ3v) is 5.03. The van der Waals surface area contributed by atoms with Gasteiger partial charge in [-0.1, -0.05) is 24.2 Å². The quantitative estimate of drug-likeness (QED) is 0.851. The Morgan fingerprint density at radius 1 is 1.32 bits per heavy atom. The fourth-order valence-electron chi connectivity index (χ4n) is 3.54. The molecule has 7 heteroatoms. The molecular formula is C18H22N4O3. The molecule has 132 valence electrons. The highest BCUT2D eigenvalue weighted by atomic mass is 16.6. The Morgan fingerprint density at radius 3 is 2.92 bits per heavy atom. The number of anilines is 1. The fraction of sp³-hybridized carbons (Fsp3) is 0.500. The molecule has 2 aromatic rings. The maximum Gasteiger partial charge on any atom is 0.414 e. The van der Waals surface area contributed by atoms with Crippen LogP contribution in [0.15, 0.2) is 22.7 Å². The molecule has 0 bridgehead atoms. The molecule has 0 unspecified atom stereocenters. The molecule has 7 nitrogen and oxygen atoms in total. The first kappa shape index (κ1) is 16.1. The summed E-state index contributed by atoms with van der Waals surface area (Å²) in [6.07, 6.45) is 1.41. The van der Waals surface area contributed by atoms with E-state index in [0.29, 0.717) is 19.0 Å². The number of aryl methyl sites for hydroxylation is 1. The standard InChI is InChI=1S/C18H22N4O3/c1-3-16-19-17(25-20-16)12(2)21-8-7-14-13(11-21)5-4-6-15(14)22-9-10-24-18(22)23/h4-6,12H,3,7-11H2,1-2H3/t12-/m1/s1. The van der Waals surface area contributed by atoms with Gasteiger partial charge in [0.2, 0.25) is 5.89 Å². The SMILES string of the molecule is CCc1noc([C@@H](C)N2CCc3c(cccc3N3CCOC3=O)C2)n1. The lowest BCUT2D eigenvalue weighted by molar-refractivity contribution is 0.158. The molecule has 3 heterocycles. The number of nitrogens with zero attached hydrogens (tertiary/aromatic N) is 4. The van der Waals surface area contributed by atoms with Crippen LogP contribution in [-0.2, 0) is 24.1 Å². The average molecular weight is 342 g/mol. The Balaban J connectivity index is 1.56. The smallest absolute Gasteiger partial charge is 0.414 e. The molecule has 2 aliphatic rings. The van der Waals surface area contributed by atoms with E-state index in [4.69, 9.17) is 9.26 Å². The van der Waals surface area contributed by atoms with Gasteiger partial charge in [0.25, 0.3) is 0 Å². The van der Waals surface area contributed by atoms with E-state index in [-0.39, 0.29) is 12.1 Å². The van der Waals surface area contributed by atoms with Crippen molar-refractivity contribution in [2.24, 2.45) is 0 Å². The van der Waals surface area contributed by atoms with Crippen molar-refractivity contribution in [1.82, 2.24) is 15.0 Å². The second-order valence-electron chi connectivity index (χ2n) is 6.48. The first-order valence-corrected chi connectivity index (χ1v) is 8.79. The van der Waals surface area contributed by atoms with E-state index in [9.17, 15) is 4.79 Å². The minimum Gasteiger partial charge on any atom is -0.447 e. The zero-order valence-electron chi connectivity index (χ0n) is 14.6. The molecule has 1 saturated heterocycles. The van der Waals surface area contributed by atoms with Gasteiger partial charge in [-0.15, -0.1) is 0 Å². The van der Waals surface area contributed by atoms with Crippen LogP contribution in [-0.4, -0.2) is 40.8 Å². The topological polar surface area (TPSA) is 71.7 Å². The molecule has 1 fully saturated rings. The van der Waals surface area contributed by atoms with E-state index in [1.165, 1.54) is 11.1 Å². The van der Waals surface area contributed by atoms with Crippen LogP contribution in [0.4, 0.5) is 10.5 Å². The Hall–Kier alpha value is -2.41. The van der Waals surface area contributed by atoms with E-state index in [1.807, 2.05) is 19.1 Å². The lowest BCUT2D eigenvalue weighted by Crippen LogP contribution is -2.34. The number of cyclic esters (lactones) is 1. The van der Waals surface area contributed by atoms with Crippen molar-refractivity contribution in [3.8, 4) is 0 Å². The van der Waals surface area contributed by atoms with Gasteiger partial charge >= 0.3 is 6.09 Å². The summed E-state index contributed by atoms with van der Waals surface area (Å²) in [6.45, 7) is 6.88. The van der Waals surface area contributed by atoms with E-state index >= 15 is 0 Å². The van der Waals surface area contributed by atoms with Gasteiger partial charge in [-0.3, -0.25) is 9.80 Å². The summed E-state index contributed by atoms with van der Waals surface area (Å²) in [5, 5.41) is 4.00. The first-order valence-electron chi connectivity index (χ1n) is 8.79. The highest BCUT2D eigenvalue weighted by Crippen LogP contribution is 2.33. The molecule has 1 aromatic carbocycles. The molecule has 0 spiro atoms. The van der Waals surface area contributed by atoms with Crippen LogP contribution >= 0.6 is 0 Å². The summed E-state index contributed by atoms with van der Waals surface area (Å²) in [4.78, 5) is 20.5. The van der Waals surface area contributed by atoms with Crippen LogP contribution in [0.5, 0.6) is 0 Å². The summed E-state index contributed by atoms with van der Waals surface area (Å²) in [5.74, 6) is 1.41. The molecular weight excluding hydrogens is 320 g/mol. The fourth-order valence-corrected chi connectivity index (χ4v) is 3.54. The van der Waals surface area contributed by atoms with Crippen LogP contribution in [0.2, 0.25) is 0 Å². The van der Waals surface area contributed by atoms with Crippen molar-refractivity contribution in [3.05, 3.63) is 41.0 Å². The predicted molar refractivity (Wildman–Crippen MR) is 91.3 cm³/mol. The number of ether oxygens (including phenoxy) is 1. The van der Waals surface area contributed by atoms with Gasteiger partial charge in [-0.25, -0.2) is 4.79 Å². The molecule has 0 radical (unpaired) electrons. The number of hydrogen-bond acceptors (Lipinski definition) is 6. The van der Waals surface area contributed by atoms with E-state index in [2.05, 4.69) is 28.0 Å². The zero-order valence-corrected chi connectivity index (χ0v) is 14.6. The van der Waals surface area contributed by atoms with Gasteiger partial charge in [0.05, 0.1) is 18.3 Å². The Labute approximate surface area is 146 Å². The Bertz CT molecular complexity index is 788. The Kier molecular flexibility index (Phi) is 4.17. The van der Waals surface area contributed by atoms with Crippen LogP contribution in [0.3, 0.4) is 0 Å². The summed E-state index contributed by atoms with van der Waals surface area (Å²) >= 11 is 0. The van der Waals surface area contributed by atoms with Gasteiger partial charge in [-0.2, -0.15) is 4.98 Å². The molecule has 1 amide bonds. The van der Waals surface area contributed by atoms with Crippen LogP contribution in [0.25, 0.3) is 0 Å². The minimum atomic E-state index is -0.248. The number of fused-ring (bicyclic) bond motifs is 1. The number of rotatable bonds is 4. The molecule has 4 rings (SSSR count). The number of hydrogen-bond donors (Lipinski definition) is 0. The van der Waals surface area contributed by atoms with Crippen LogP contribution in [0, 0.1) is 0 Å². The molecule has 0 saturated carbocycles. The first-order chi connectivity index (χ1) is 12.2. The van der Waals surface area contributed by atoms with Gasteiger partial charge < -0.3 is 9.26 Å². The monoisotopic (exact) mass is 342 g/mol. The van der Waals surface area contributed by atoms with Crippen molar-refractivity contribution in [3.63, 3.8) is 0 Å². The van der Waals surface area contributed by atoms with E-state index in [1.54, 1.807) is 4.90 Å². The number of benzene rings is 1. The second kappa shape index (κ2) is 6.48. The lowest BCUT2D eigenvalue weighted by atomic mass is 9.96. The molecule has 0 aliphatic carbocycles. The predicted octanol–water partition coefficient (Wildman–Crippen LogP) is 2.71. The maximum absolute atomic E-state index is 11.9. The van der Waals surface area contributed by atoms with Crippen LogP contribution < -0.4 is 4.90 Å². The normalized spacial score (nSPS) is 19.0. The molecule has 25 heavy (non-hydrogen) atoms. The number of carbonyl (C=O) groups excluding carboxylic acids is 1. The van der Waals surface area contributed by atoms with Gasteiger partial charge in [-0.05, 0) is 30.5 Å². The summed E-state index contributed by atoms with van der Waals surface area (Å²) in [5.41, 5.74) is 3.47. The van der Waals surface area contributed by atoms with Crippen LogP contribution in [0.1, 0.15) is 42.7 Å². The zero-order chi connectivity index (χ0) is 17.4. The minimum absolute atomic E-state index is 0.0707. The summed E-state index contributed by atoms with van der Waals surface area (Å²) < 4.78 is 10.5. The van der Waals surface area contributed by atoms with E-state index < -0.39 is 0 Å². The molecule has 2 aliphatic heterocycles. The number of carbonyl (C=O) groups is 1. The third kappa shape index (κ3) is 2.89.